The van der Waals surface area contributed by atoms with E-state index in [0.29, 0.717) is 6.42 Å². The van der Waals surface area contributed by atoms with Crippen molar-refractivity contribution >= 4 is 19.8 Å². The molecule has 0 aliphatic carbocycles. The van der Waals surface area contributed by atoms with Gasteiger partial charge in [-0.05, 0) is 70.6 Å². The number of phosphoric acid groups is 1. The summed E-state index contributed by atoms with van der Waals surface area (Å²) >= 11 is 0. The van der Waals surface area contributed by atoms with E-state index in [4.69, 9.17) is 24.3 Å². The van der Waals surface area contributed by atoms with Gasteiger partial charge in [0, 0.05) is 19.4 Å². The summed E-state index contributed by atoms with van der Waals surface area (Å²) in [5.74, 6) is -0.836. The molecule has 9 nitrogen and oxygen atoms in total. The summed E-state index contributed by atoms with van der Waals surface area (Å²) < 4.78 is 32.7. The van der Waals surface area contributed by atoms with Crippen molar-refractivity contribution in [3.63, 3.8) is 0 Å². The quantitative estimate of drug-likeness (QED) is 0.0265. The SMILES string of the molecule is CC/C=C\C/C=C\C/C=C\C/C=C\C/C=C\C/C=C\C/C=C\CCCCCCCCCCCCCCCCCCCC(=O)OC(COC(=O)CCCCCCCC)COP(=O)(O)OCCN. The lowest BCUT2D eigenvalue weighted by atomic mass is 10.0. The number of ether oxygens (including phenoxy) is 2. The Labute approximate surface area is 404 Å². The van der Waals surface area contributed by atoms with Crippen molar-refractivity contribution in [3.05, 3.63) is 85.1 Å². The summed E-state index contributed by atoms with van der Waals surface area (Å²) in [6.45, 7) is 3.55. The fourth-order valence-electron chi connectivity index (χ4n) is 7.15. The highest BCUT2D eigenvalue weighted by atomic mass is 31.2. The predicted octanol–water partition coefficient (Wildman–Crippen LogP) is 16.3. The number of esters is 2. The Kier molecular flexibility index (Phi) is 49.4. The van der Waals surface area contributed by atoms with E-state index in [2.05, 4.69) is 98.9 Å². The van der Waals surface area contributed by atoms with Crippen LogP contribution < -0.4 is 5.73 Å². The lowest BCUT2D eigenvalue weighted by molar-refractivity contribution is -0.161. The van der Waals surface area contributed by atoms with Gasteiger partial charge in [0.15, 0.2) is 6.10 Å². The first kappa shape index (κ1) is 63.2. The number of nitrogens with two attached hydrogens (primary N) is 1. The third-order valence-corrected chi connectivity index (χ3v) is 12.0. The van der Waals surface area contributed by atoms with Crippen molar-refractivity contribution in [2.45, 2.75) is 232 Å². The molecular weight excluding hydrogens is 846 g/mol. The van der Waals surface area contributed by atoms with Gasteiger partial charge < -0.3 is 20.1 Å². The van der Waals surface area contributed by atoms with E-state index in [0.717, 1.165) is 96.3 Å². The molecule has 0 aliphatic heterocycles. The molecule has 380 valence electrons. The first-order valence-corrected chi connectivity index (χ1v) is 28.1. The normalized spacial score (nSPS) is 13.8. The van der Waals surface area contributed by atoms with Crippen LogP contribution in [0.3, 0.4) is 0 Å². The molecule has 0 heterocycles. The van der Waals surface area contributed by atoms with Crippen LogP contribution in [-0.4, -0.2) is 49.3 Å². The second kappa shape index (κ2) is 51.6. The molecule has 10 heteroatoms. The van der Waals surface area contributed by atoms with Crippen LogP contribution in [0.4, 0.5) is 0 Å². The van der Waals surface area contributed by atoms with Crippen molar-refractivity contribution in [2.75, 3.05) is 26.4 Å². The van der Waals surface area contributed by atoms with Gasteiger partial charge in [0.05, 0.1) is 13.2 Å². The second-order valence-electron chi connectivity index (χ2n) is 17.4. The molecule has 0 saturated heterocycles. The molecule has 0 aliphatic rings. The number of rotatable bonds is 49. The van der Waals surface area contributed by atoms with E-state index in [1.54, 1.807) is 0 Å². The Bertz CT molecular complexity index is 1350. The second-order valence-corrected chi connectivity index (χ2v) is 18.8. The third-order valence-electron chi connectivity index (χ3n) is 11.0. The van der Waals surface area contributed by atoms with Crippen LogP contribution >= 0.6 is 7.82 Å². The van der Waals surface area contributed by atoms with Gasteiger partial charge in [-0.2, -0.15) is 0 Å². The van der Waals surface area contributed by atoms with Crippen LogP contribution in [0.25, 0.3) is 0 Å². The third kappa shape index (κ3) is 50.6. The summed E-state index contributed by atoms with van der Waals surface area (Å²) in [6.07, 6.45) is 66.9. The minimum atomic E-state index is -4.37. The molecular formula is C56H98NO8P. The molecule has 0 aromatic rings. The zero-order chi connectivity index (χ0) is 48.1. The molecule has 0 radical (unpaired) electrons. The first-order valence-electron chi connectivity index (χ1n) is 26.6. The monoisotopic (exact) mass is 944 g/mol. The molecule has 0 aromatic carbocycles. The van der Waals surface area contributed by atoms with Gasteiger partial charge in [-0.1, -0.05) is 227 Å². The zero-order valence-electron chi connectivity index (χ0n) is 42.2. The Balaban J connectivity index is 3.75. The van der Waals surface area contributed by atoms with E-state index in [-0.39, 0.29) is 32.6 Å². The van der Waals surface area contributed by atoms with E-state index in [9.17, 15) is 19.0 Å². The summed E-state index contributed by atoms with van der Waals surface area (Å²) in [7, 11) is -4.37. The van der Waals surface area contributed by atoms with Crippen molar-refractivity contribution in [1.29, 1.82) is 0 Å². The fourth-order valence-corrected chi connectivity index (χ4v) is 7.91. The number of carbonyl (C=O) groups is 2. The minimum Gasteiger partial charge on any atom is -0.462 e. The summed E-state index contributed by atoms with van der Waals surface area (Å²) in [5.41, 5.74) is 5.34. The van der Waals surface area contributed by atoms with Crippen LogP contribution in [0.15, 0.2) is 85.1 Å². The predicted molar refractivity (Wildman–Crippen MR) is 279 cm³/mol. The molecule has 0 amide bonds. The molecule has 2 atom stereocenters. The summed E-state index contributed by atoms with van der Waals surface area (Å²) in [6, 6.07) is 0. The van der Waals surface area contributed by atoms with Gasteiger partial charge >= 0.3 is 19.8 Å². The molecule has 66 heavy (non-hydrogen) atoms. The maximum Gasteiger partial charge on any atom is 0.472 e. The lowest BCUT2D eigenvalue weighted by Crippen LogP contribution is -2.29. The Morgan fingerprint density at radius 3 is 1.24 bits per heavy atom. The molecule has 2 unspecified atom stereocenters. The molecule has 0 rings (SSSR count). The van der Waals surface area contributed by atoms with Gasteiger partial charge in [0.25, 0.3) is 0 Å². The molecule has 3 N–H and O–H groups in total. The highest BCUT2D eigenvalue weighted by molar-refractivity contribution is 7.47. The van der Waals surface area contributed by atoms with Gasteiger partial charge in [0.2, 0.25) is 0 Å². The van der Waals surface area contributed by atoms with Crippen LogP contribution in [0.2, 0.25) is 0 Å². The maximum absolute atomic E-state index is 12.6. The van der Waals surface area contributed by atoms with Crippen molar-refractivity contribution in [1.82, 2.24) is 0 Å². The van der Waals surface area contributed by atoms with Gasteiger partial charge in [-0.15, -0.1) is 0 Å². The number of hydrogen-bond acceptors (Lipinski definition) is 8. The smallest absolute Gasteiger partial charge is 0.462 e. The van der Waals surface area contributed by atoms with Crippen LogP contribution in [0.1, 0.15) is 226 Å². The number of phosphoric ester groups is 1. The zero-order valence-corrected chi connectivity index (χ0v) is 43.0. The van der Waals surface area contributed by atoms with Crippen LogP contribution in [0.5, 0.6) is 0 Å². The van der Waals surface area contributed by atoms with E-state index in [1.165, 1.54) is 96.3 Å². The number of allylic oxidation sites excluding steroid dienone is 14. The molecule has 0 spiro atoms. The van der Waals surface area contributed by atoms with Crippen molar-refractivity contribution in [2.24, 2.45) is 5.73 Å². The van der Waals surface area contributed by atoms with Gasteiger partial charge in [-0.3, -0.25) is 18.6 Å². The fraction of sp³-hybridized carbons (Fsp3) is 0.714. The Morgan fingerprint density at radius 1 is 0.470 bits per heavy atom. The number of carbonyl (C=O) groups excluding carboxylic acids is 2. The molecule has 0 aromatic heterocycles. The maximum atomic E-state index is 12.6. The van der Waals surface area contributed by atoms with Crippen LogP contribution in [0, 0.1) is 0 Å². The average molecular weight is 944 g/mol. The topological polar surface area (TPSA) is 134 Å². The first-order chi connectivity index (χ1) is 32.3. The molecule has 0 saturated carbocycles. The molecule has 0 fully saturated rings. The Morgan fingerprint density at radius 2 is 0.833 bits per heavy atom. The molecule has 0 bridgehead atoms. The largest absolute Gasteiger partial charge is 0.472 e. The lowest BCUT2D eigenvalue weighted by Gasteiger charge is -2.19. The Hall–Kier alpha value is -2.81. The van der Waals surface area contributed by atoms with Crippen molar-refractivity contribution < 1.29 is 37.6 Å². The van der Waals surface area contributed by atoms with Crippen molar-refractivity contribution in [3.8, 4) is 0 Å². The van der Waals surface area contributed by atoms with E-state index in [1.807, 2.05) is 0 Å². The number of unbranched alkanes of at least 4 members (excludes halogenated alkanes) is 22. The average Bonchev–Trinajstić information content (AvgIpc) is 3.31. The van der Waals surface area contributed by atoms with Crippen LogP contribution in [-0.2, 0) is 32.7 Å². The van der Waals surface area contributed by atoms with E-state index < -0.39 is 32.5 Å². The van der Waals surface area contributed by atoms with Gasteiger partial charge in [-0.25, -0.2) is 4.57 Å². The highest BCUT2D eigenvalue weighted by Gasteiger charge is 2.26. The summed E-state index contributed by atoms with van der Waals surface area (Å²) in [4.78, 5) is 34.7. The van der Waals surface area contributed by atoms with E-state index >= 15 is 0 Å². The minimum absolute atomic E-state index is 0.0526. The highest BCUT2D eigenvalue weighted by Crippen LogP contribution is 2.43. The summed E-state index contributed by atoms with van der Waals surface area (Å²) in [5, 5.41) is 0. The standard InChI is InChI=1S/C56H98NO8P/c1-3-5-7-9-11-12-13-14-15-16-17-18-19-20-21-22-23-24-25-26-27-28-29-30-31-32-33-34-35-36-37-38-39-40-41-42-43-45-47-49-56(59)65-54(53-64-66(60,61)63-51-50-57)52-62-55(58)48-46-44-10-8-6-4-2/h5,7,11-12,14-15,17-18,20-21,23-24,26-27,54H,3-4,6,8-10,13,16,19,22,25,28-53,57H2,1-2H3,(H,60,61)/b7-5-,12-11-,15-14-,18-17-,21-20-,24-23-,27-26-. The number of hydrogen-bond donors (Lipinski definition) is 2. The van der Waals surface area contributed by atoms with Gasteiger partial charge in [0.1, 0.15) is 6.61 Å².